The summed E-state index contributed by atoms with van der Waals surface area (Å²) in [6.45, 7) is 1.24. The van der Waals surface area contributed by atoms with Crippen LogP contribution in [0.4, 0.5) is 4.39 Å². The predicted molar refractivity (Wildman–Crippen MR) is 80.4 cm³/mol. The quantitative estimate of drug-likeness (QED) is 0.893. The summed E-state index contributed by atoms with van der Waals surface area (Å²) in [5, 5.41) is 13.0. The van der Waals surface area contributed by atoms with E-state index in [1.165, 1.54) is 12.8 Å². The number of aliphatic hydroxyl groups is 1. The van der Waals surface area contributed by atoms with Crippen LogP contribution in [0.5, 0.6) is 0 Å². The van der Waals surface area contributed by atoms with Crippen LogP contribution in [0.2, 0.25) is 0 Å². The molecular weight excluding hydrogens is 273 g/mol. The smallest absolute Gasteiger partial charge is 0.137 e. The fourth-order valence-corrected chi connectivity index (χ4v) is 4.66. The molecule has 3 atom stereocenters. The van der Waals surface area contributed by atoms with Gasteiger partial charge >= 0.3 is 0 Å². The molecule has 3 rings (SSSR count). The van der Waals surface area contributed by atoms with Gasteiger partial charge in [0, 0.05) is 17.5 Å². The molecule has 0 saturated heterocycles. The van der Waals surface area contributed by atoms with Crippen molar-refractivity contribution >= 4 is 11.8 Å². The molecule has 1 aromatic carbocycles. The van der Waals surface area contributed by atoms with Crippen molar-refractivity contribution in [1.29, 1.82) is 0 Å². The molecule has 3 unspecified atom stereocenters. The van der Waals surface area contributed by atoms with E-state index in [9.17, 15) is 9.50 Å². The maximum absolute atomic E-state index is 13.8. The van der Waals surface area contributed by atoms with Crippen LogP contribution in [0.3, 0.4) is 0 Å². The second kappa shape index (κ2) is 6.46. The van der Waals surface area contributed by atoms with Crippen LogP contribution in [0.25, 0.3) is 0 Å². The van der Waals surface area contributed by atoms with Gasteiger partial charge in [0.1, 0.15) is 5.82 Å². The van der Waals surface area contributed by atoms with E-state index in [0.29, 0.717) is 18.4 Å². The molecule has 0 radical (unpaired) electrons. The molecule has 0 bridgehead atoms. The van der Waals surface area contributed by atoms with Crippen molar-refractivity contribution in [2.75, 3.05) is 18.9 Å². The average molecular weight is 295 g/mol. The van der Waals surface area contributed by atoms with Gasteiger partial charge in [-0.2, -0.15) is 0 Å². The summed E-state index contributed by atoms with van der Waals surface area (Å²) < 4.78 is 13.8. The van der Waals surface area contributed by atoms with Crippen molar-refractivity contribution < 1.29 is 9.50 Å². The zero-order chi connectivity index (χ0) is 13.9. The van der Waals surface area contributed by atoms with E-state index in [1.54, 1.807) is 23.9 Å². The maximum atomic E-state index is 13.8. The Bertz CT molecular complexity index is 468. The Hall–Kier alpha value is -0.580. The molecule has 0 amide bonds. The van der Waals surface area contributed by atoms with Crippen molar-refractivity contribution in [2.24, 2.45) is 11.8 Å². The molecule has 0 spiro atoms. The van der Waals surface area contributed by atoms with Gasteiger partial charge in [0.15, 0.2) is 0 Å². The van der Waals surface area contributed by atoms with Crippen LogP contribution >= 0.6 is 11.8 Å². The molecule has 1 aliphatic carbocycles. The summed E-state index contributed by atoms with van der Waals surface area (Å²) >= 11 is 1.63. The van der Waals surface area contributed by atoms with E-state index >= 15 is 0 Å². The van der Waals surface area contributed by atoms with Crippen LogP contribution in [0.15, 0.2) is 23.1 Å². The molecule has 1 aromatic rings. The summed E-state index contributed by atoms with van der Waals surface area (Å²) in [4.78, 5) is 0.821. The lowest BCUT2D eigenvalue weighted by molar-refractivity contribution is 0.190. The number of aliphatic hydroxyl groups excluding tert-OH is 1. The number of rotatable bonds is 4. The zero-order valence-corrected chi connectivity index (χ0v) is 12.5. The van der Waals surface area contributed by atoms with E-state index in [2.05, 4.69) is 5.32 Å². The lowest BCUT2D eigenvalue weighted by Gasteiger charge is -2.28. The van der Waals surface area contributed by atoms with Gasteiger partial charge < -0.3 is 10.4 Å². The van der Waals surface area contributed by atoms with Crippen LogP contribution in [-0.4, -0.2) is 24.0 Å². The minimum atomic E-state index is -0.0897. The number of benzene rings is 1. The molecule has 110 valence electrons. The normalized spacial score (nSPS) is 29.4. The highest BCUT2D eigenvalue weighted by Crippen LogP contribution is 2.38. The van der Waals surface area contributed by atoms with E-state index in [0.717, 1.165) is 35.6 Å². The van der Waals surface area contributed by atoms with Crippen molar-refractivity contribution in [3.8, 4) is 0 Å². The van der Waals surface area contributed by atoms with Gasteiger partial charge in [0.05, 0.1) is 0 Å². The molecule has 2 N–H and O–H groups in total. The molecule has 1 fully saturated rings. The topological polar surface area (TPSA) is 32.3 Å². The summed E-state index contributed by atoms with van der Waals surface area (Å²) in [5.41, 5.74) is 1.11. The molecule has 0 aromatic heterocycles. The number of hydrogen-bond donors (Lipinski definition) is 2. The highest BCUT2D eigenvalue weighted by atomic mass is 32.2. The third-order valence-corrected chi connectivity index (χ3v) is 5.86. The number of halogens is 1. The summed E-state index contributed by atoms with van der Waals surface area (Å²) in [5.74, 6) is 1.91. The molecule has 2 nitrogen and oxygen atoms in total. The first-order chi connectivity index (χ1) is 9.79. The summed E-state index contributed by atoms with van der Waals surface area (Å²) in [7, 11) is 0. The standard InChI is InChI=1S/C16H22FNOS/c17-14-6-2-5-13-15(7-8-20-16(13)14)18-9-11-3-1-4-12(11)10-19/h2,5-6,11-12,15,18-19H,1,3-4,7-10H2. The molecule has 4 heteroatoms. The van der Waals surface area contributed by atoms with Crippen molar-refractivity contribution in [3.63, 3.8) is 0 Å². The highest BCUT2D eigenvalue weighted by molar-refractivity contribution is 7.99. The molecule has 20 heavy (non-hydrogen) atoms. The fraction of sp³-hybridized carbons (Fsp3) is 0.625. The Labute approximate surface area is 124 Å². The van der Waals surface area contributed by atoms with E-state index in [4.69, 9.17) is 0 Å². The number of hydrogen-bond acceptors (Lipinski definition) is 3. The van der Waals surface area contributed by atoms with Gasteiger partial charge in [-0.3, -0.25) is 0 Å². The van der Waals surface area contributed by atoms with Gasteiger partial charge in [-0.1, -0.05) is 18.6 Å². The third kappa shape index (κ3) is 2.87. The van der Waals surface area contributed by atoms with E-state index < -0.39 is 0 Å². The van der Waals surface area contributed by atoms with Crippen LogP contribution in [0, 0.1) is 17.7 Å². The molecular formula is C16H22FNOS. The zero-order valence-electron chi connectivity index (χ0n) is 11.6. The Morgan fingerprint density at radius 1 is 1.25 bits per heavy atom. The minimum absolute atomic E-state index is 0.0897. The summed E-state index contributed by atoms with van der Waals surface area (Å²) in [6.07, 6.45) is 4.63. The second-order valence-electron chi connectivity index (χ2n) is 5.89. The minimum Gasteiger partial charge on any atom is -0.396 e. The first-order valence-corrected chi connectivity index (χ1v) is 8.53. The maximum Gasteiger partial charge on any atom is 0.137 e. The third-order valence-electron chi connectivity index (χ3n) is 4.70. The Kier molecular flexibility index (Phi) is 4.64. The predicted octanol–water partition coefficient (Wildman–Crippen LogP) is 3.36. The molecule has 1 aliphatic heterocycles. The highest BCUT2D eigenvalue weighted by Gasteiger charge is 2.28. The monoisotopic (exact) mass is 295 g/mol. The van der Waals surface area contributed by atoms with E-state index in [1.807, 2.05) is 6.07 Å². The van der Waals surface area contributed by atoms with Gasteiger partial charge in [-0.25, -0.2) is 4.39 Å². The number of nitrogens with one attached hydrogen (secondary N) is 1. The lowest BCUT2D eigenvalue weighted by atomic mass is 9.95. The van der Waals surface area contributed by atoms with Crippen molar-refractivity contribution in [1.82, 2.24) is 5.32 Å². The first kappa shape index (κ1) is 14.4. The second-order valence-corrected chi connectivity index (χ2v) is 6.99. The van der Waals surface area contributed by atoms with Crippen molar-refractivity contribution in [3.05, 3.63) is 29.6 Å². The number of thioether (sulfide) groups is 1. The van der Waals surface area contributed by atoms with Crippen LogP contribution in [0.1, 0.15) is 37.3 Å². The summed E-state index contributed by atoms with van der Waals surface area (Å²) in [6, 6.07) is 5.66. The van der Waals surface area contributed by atoms with Crippen molar-refractivity contribution in [2.45, 2.75) is 36.6 Å². The number of fused-ring (bicyclic) bond motifs is 1. The Morgan fingerprint density at radius 3 is 2.95 bits per heavy atom. The largest absolute Gasteiger partial charge is 0.396 e. The Morgan fingerprint density at radius 2 is 2.10 bits per heavy atom. The SMILES string of the molecule is OCC1CCCC1CNC1CCSc2c(F)cccc21. The fourth-order valence-electron chi connectivity index (χ4n) is 3.51. The molecule has 1 heterocycles. The Balaban J connectivity index is 1.66. The van der Waals surface area contributed by atoms with E-state index in [-0.39, 0.29) is 11.9 Å². The molecule has 2 aliphatic rings. The molecule has 1 saturated carbocycles. The average Bonchev–Trinajstić information content (AvgIpc) is 2.93. The van der Waals surface area contributed by atoms with Gasteiger partial charge in [0.2, 0.25) is 0 Å². The first-order valence-electron chi connectivity index (χ1n) is 7.55. The van der Waals surface area contributed by atoms with Crippen LogP contribution in [-0.2, 0) is 0 Å². The van der Waals surface area contributed by atoms with Gasteiger partial charge in [-0.15, -0.1) is 11.8 Å². The van der Waals surface area contributed by atoms with Crippen LogP contribution < -0.4 is 5.32 Å². The lowest BCUT2D eigenvalue weighted by Crippen LogP contribution is -2.31. The van der Waals surface area contributed by atoms with Gasteiger partial charge in [0.25, 0.3) is 0 Å². The van der Waals surface area contributed by atoms with Gasteiger partial charge in [-0.05, 0) is 55.0 Å².